The summed E-state index contributed by atoms with van der Waals surface area (Å²) in [4.78, 5) is 16.7. The summed E-state index contributed by atoms with van der Waals surface area (Å²) in [6, 6.07) is 14.3. The average molecular weight is 352 g/mol. The summed E-state index contributed by atoms with van der Waals surface area (Å²) in [6.07, 6.45) is 2.49. The number of rotatable bonds is 6. The van der Waals surface area contributed by atoms with Gasteiger partial charge in [-0.05, 0) is 61.6 Å². The number of likely N-dealkylation sites (N-methyl/N-ethyl adjacent to an activating group) is 1. The lowest BCUT2D eigenvalue weighted by molar-refractivity contribution is -0.132. The molecule has 0 aliphatic carbocycles. The van der Waals surface area contributed by atoms with Gasteiger partial charge in [0.1, 0.15) is 5.75 Å². The average Bonchev–Trinajstić information content (AvgIpc) is 3.17. The van der Waals surface area contributed by atoms with E-state index in [-0.39, 0.29) is 12.5 Å². The molecule has 2 aromatic carbocycles. The van der Waals surface area contributed by atoms with E-state index >= 15 is 0 Å². The highest BCUT2D eigenvalue weighted by molar-refractivity contribution is 5.77. The molecule has 1 fully saturated rings. The van der Waals surface area contributed by atoms with Crippen LogP contribution in [0.5, 0.6) is 5.75 Å². The number of amides is 1. The van der Waals surface area contributed by atoms with Gasteiger partial charge in [-0.2, -0.15) is 0 Å². The largest absolute Gasteiger partial charge is 0.484 e. The Balaban J connectivity index is 1.60. The third-order valence-electron chi connectivity index (χ3n) is 5.11. The van der Waals surface area contributed by atoms with Crippen molar-refractivity contribution in [2.24, 2.45) is 0 Å². The van der Waals surface area contributed by atoms with E-state index in [0.717, 1.165) is 18.8 Å². The summed E-state index contributed by atoms with van der Waals surface area (Å²) in [5, 5.41) is 0. The molecule has 0 radical (unpaired) electrons. The van der Waals surface area contributed by atoms with Crippen LogP contribution in [0.4, 0.5) is 5.69 Å². The number of benzene rings is 2. The molecule has 26 heavy (non-hydrogen) atoms. The van der Waals surface area contributed by atoms with Gasteiger partial charge in [-0.15, -0.1) is 0 Å². The van der Waals surface area contributed by atoms with E-state index in [0.29, 0.717) is 6.54 Å². The summed E-state index contributed by atoms with van der Waals surface area (Å²) >= 11 is 0. The number of hydrogen-bond donors (Lipinski definition) is 0. The monoisotopic (exact) mass is 352 g/mol. The first-order valence-corrected chi connectivity index (χ1v) is 9.31. The van der Waals surface area contributed by atoms with Crippen LogP contribution in [0.15, 0.2) is 42.5 Å². The number of carbonyl (C=O) groups excluding carboxylic acids is 1. The second-order valence-corrected chi connectivity index (χ2v) is 7.11. The van der Waals surface area contributed by atoms with Crippen molar-refractivity contribution >= 4 is 11.6 Å². The lowest BCUT2D eigenvalue weighted by Gasteiger charge is -2.24. The Hall–Kier alpha value is -2.49. The van der Waals surface area contributed by atoms with E-state index in [2.05, 4.69) is 30.0 Å². The molecule has 1 amide bonds. The summed E-state index contributed by atoms with van der Waals surface area (Å²) in [6.45, 7) is 6.98. The SMILES string of the molecule is Cc1ccc(OCC(=O)N(C)Cc2ccccc2N2CCCC2)cc1C. The van der Waals surface area contributed by atoms with Gasteiger partial charge in [0.15, 0.2) is 6.61 Å². The normalized spacial score (nSPS) is 13.7. The van der Waals surface area contributed by atoms with Crippen LogP contribution in [-0.4, -0.2) is 37.6 Å². The molecule has 1 aliphatic rings. The molecule has 0 spiro atoms. The maximum Gasteiger partial charge on any atom is 0.260 e. The van der Waals surface area contributed by atoms with Crippen molar-refractivity contribution in [3.8, 4) is 5.75 Å². The minimum absolute atomic E-state index is 0.0144. The fourth-order valence-corrected chi connectivity index (χ4v) is 3.31. The van der Waals surface area contributed by atoms with Gasteiger partial charge in [-0.1, -0.05) is 24.3 Å². The summed E-state index contributed by atoms with van der Waals surface area (Å²) < 4.78 is 5.69. The third-order valence-corrected chi connectivity index (χ3v) is 5.11. The van der Waals surface area contributed by atoms with Crippen LogP contribution >= 0.6 is 0 Å². The van der Waals surface area contributed by atoms with E-state index in [1.54, 1.807) is 4.90 Å². The summed E-state index contributed by atoms with van der Waals surface area (Å²) in [7, 11) is 1.84. The fraction of sp³-hybridized carbons (Fsp3) is 0.409. The van der Waals surface area contributed by atoms with E-state index in [1.807, 2.05) is 38.2 Å². The van der Waals surface area contributed by atoms with E-state index in [1.165, 1.54) is 35.2 Å². The Morgan fingerprint density at radius 3 is 2.54 bits per heavy atom. The molecule has 1 heterocycles. The topological polar surface area (TPSA) is 32.8 Å². The van der Waals surface area contributed by atoms with Crippen LogP contribution in [0.2, 0.25) is 0 Å². The molecule has 0 N–H and O–H groups in total. The molecule has 1 saturated heterocycles. The van der Waals surface area contributed by atoms with Gasteiger partial charge < -0.3 is 14.5 Å². The smallest absolute Gasteiger partial charge is 0.260 e. The molecule has 1 aliphatic heterocycles. The Kier molecular flexibility index (Phi) is 5.82. The predicted octanol–water partition coefficient (Wildman–Crippen LogP) is 3.94. The summed E-state index contributed by atoms with van der Waals surface area (Å²) in [5.41, 5.74) is 4.83. The lowest BCUT2D eigenvalue weighted by Crippen LogP contribution is -2.31. The van der Waals surface area contributed by atoms with Crippen molar-refractivity contribution in [1.29, 1.82) is 0 Å². The Labute approximate surface area is 156 Å². The molecule has 4 heteroatoms. The molecule has 0 saturated carbocycles. The molecule has 4 nitrogen and oxygen atoms in total. The van der Waals surface area contributed by atoms with E-state index in [4.69, 9.17) is 4.74 Å². The summed E-state index contributed by atoms with van der Waals surface area (Å²) in [5.74, 6) is 0.728. The van der Waals surface area contributed by atoms with Crippen molar-refractivity contribution in [3.63, 3.8) is 0 Å². The number of para-hydroxylation sites is 1. The number of anilines is 1. The van der Waals surface area contributed by atoms with Crippen molar-refractivity contribution in [1.82, 2.24) is 4.90 Å². The zero-order chi connectivity index (χ0) is 18.5. The van der Waals surface area contributed by atoms with Crippen LogP contribution in [-0.2, 0) is 11.3 Å². The van der Waals surface area contributed by atoms with Crippen molar-refractivity contribution in [2.45, 2.75) is 33.2 Å². The lowest BCUT2D eigenvalue weighted by atomic mass is 10.1. The van der Waals surface area contributed by atoms with Gasteiger partial charge in [0.05, 0.1) is 0 Å². The zero-order valence-electron chi connectivity index (χ0n) is 16.0. The Morgan fingerprint density at radius 2 is 1.81 bits per heavy atom. The van der Waals surface area contributed by atoms with Crippen LogP contribution in [0.25, 0.3) is 0 Å². The number of hydrogen-bond acceptors (Lipinski definition) is 3. The minimum atomic E-state index is -0.0144. The molecule has 2 aromatic rings. The molecule has 0 bridgehead atoms. The Morgan fingerprint density at radius 1 is 1.08 bits per heavy atom. The highest BCUT2D eigenvalue weighted by Gasteiger charge is 2.17. The Bertz CT molecular complexity index is 766. The molecule has 3 rings (SSSR count). The standard InChI is InChI=1S/C22H28N2O2/c1-17-10-11-20(14-18(17)2)26-16-22(25)23(3)15-19-8-4-5-9-21(19)24-12-6-7-13-24/h4-5,8-11,14H,6-7,12-13,15-16H2,1-3H3. The van der Waals surface area contributed by atoms with Crippen molar-refractivity contribution in [2.75, 3.05) is 31.6 Å². The first-order valence-electron chi connectivity index (χ1n) is 9.31. The highest BCUT2D eigenvalue weighted by Crippen LogP contribution is 2.25. The van der Waals surface area contributed by atoms with Gasteiger partial charge in [-0.3, -0.25) is 4.79 Å². The second kappa shape index (κ2) is 8.26. The van der Waals surface area contributed by atoms with Gasteiger partial charge in [0.25, 0.3) is 5.91 Å². The molecule has 0 aromatic heterocycles. The van der Waals surface area contributed by atoms with Crippen molar-refractivity contribution < 1.29 is 9.53 Å². The maximum absolute atomic E-state index is 12.5. The fourth-order valence-electron chi connectivity index (χ4n) is 3.31. The van der Waals surface area contributed by atoms with Crippen LogP contribution in [0, 0.1) is 13.8 Å². The predicted molar refractivity (Wildman–Crippen MR) is 106 cm³/mol. The number of carbonyl (C=O) groups is 1. The third kappa shape index (κ3) is 4.37. The first-order chi connectivity index (χ1) is 12.5. The molecular weight excluding hydrogens is 324 g/mol. The van der Waals surface area contributed by atoms with Crippen LogP contribution in [0.1, 0.15) is 29.5 Å². The first kappa shape index (κ1) is 18.3. The van der Waals surface area contributed by atoms with Crippen molar-refractivity contribution in [3.05, 3.63) is 59.2 Å². The van der Waals surface area contributed by atoms with Crippen LogP contribution in [0.3, 0.4) is 0 Å². The van der Waals surface area contributed by atoms with Gasteiger partial charge in [0, 0.05) is 32.4 Å². The molecule has 138 valence electrons. The molecule has 0 unspecified atom stereocenters. The maximum atomic E-state index is 12.5. The minimum Gasteiger partial charge on any atom is -0.484 e. The van der Waals surface area contributed by atoms with Gasteiger partial charge >= 0.3 is 0 Å². The highest BCUT2D eigenvalue weighted by atomic mass is 16.5. The number of nitrogens with zero attached hydrogens (tertiary/aromatic N) is 2. The number of ether oxygens (including phenoxy) is 1. The quantitative estimate of drug-likeness (QED) is 0.789. The van der Waals surface area contributed by atoms with E-state index in [9.17, 15) is 4.79 Å². The van der Waals surface area contributed by atoms with E-state index < -0.39 is 0 Å². The zero-order valence-corrected chi connectivity index (χ0v) is 16.0. The molecule has 0 atom stereocenters. The van der Waals surface area contributed by atoms with Gasteiger partial charge in [-0.25, -0.2) is 0 Å². The van der Waals surface area contributed by atoms with Crippen LogP contribution < -0.4 is 9.64 Å². The van der Waals surface area contributed by atoms with Gasteiger partial charge in [0.2, 0.25) is 0 Å². The second-order valence-electron chi connectivity index (χ2n) is 7.11. The molecular formula is C22H28N2O2. The number of aryl methyl sites for hydroxylation is 2.